The highest BCUT2D eigenvalue weighted by atomic mass is 28.3. The molecule has 7 nitrogen and oxygen atoms in total. The molecule has 1 N–H and O–H groups in total. The van der Waals surface area contributed by atoms with Crippen molar-refractivity contribution in [3.05, 3.63) is 0 Å². The maximum absolute atomic E-state index is 13.1. The van der Waals surface area contributed by atoms with Crippen LogP contribution in [0.3, 0.4) is 0 Å². The standard InChI is InChI=1S/C20H37NO6Si/c1-12(17(24)25)15-14(20(8,18(2,3)4)27-28(9)10)16(23)21(15)11-13(22)26-19(5,6)7/h12,14-15,28H,11H2,1-10H3,(H,24,25)/t12-,14+,15+,20+/m0/s1. The number of amides is 1. The monoisotopic (exact) mass is 415 g/mol. The highest BCUT2D eigenvalue weighted by molar-refractivity contribution is 6.48. The normalized spacial score (nSPS) is 23.8. The molecule has 4 atom stereocenters. The average Bonchev–Trinajstić information content (AvgIpc) is 2.45. The van der Waals surface area contributed by atoms with Crippen LogP contribution in [0, 0.1) is 17.3 Å². The Hall–Kier alpha value is -1.41. The fraction of sp³-hybridized carbons (Fsp3) is 0.850. The van der Waals surface area contributed by atoms with Gasteiger partial charge in [0.2, 0.25) is 5.91 Å². The van der Waals surface area contributed by atoms with Gasteiger partial charge in [-0.25, -0.2) is 0 Å². The van der Waals surface area contributed by atoms with Gasteiger partial charge in [-0.15, -0.1) is 0 Å². The SMILES string of the molecule is C[C@H](C(=O)O)[C@@H]1[C@@H]([C@@](C)(O[SiH](C)C)C(C)(C)C)C(=O)N1CC(=O)OC(C)(C)C. The number of nitrogens with zero attached hydrogens (tertiary/aromatic N) is 1. The lowest BCUT2D eigenvalue weighted by Gasteiger charge is -2.59. The number of aliphatic carboxylic acids is 1. The molecular formula is C20H37NO6Si. The first kappa shape index (κ1) is 24.6. The number of β-lactam (4-membered cyclic amide) rings is 1. The van der Waals surface area contributed by atoms with Gasteiger partial charge in [0, 0.05) is 0 Å². The van der Waals surface area contributed by atoms with E-state index in [4.69, 9.17) is 9.16 Å². The summed E-state index contributed by atoms with van der Waals surface area (Å²) in [5, 5.41) is 9.62. The van der Waals surface area contributed by atoms with Gasteiger partial charge in [-0.2, -0.15) is 0 Å². The molecule has 1 aliphatic heterocycles. The van der Waals surface area contributed by atoms with Crippen molar-refractivity contribution in [3.8, 4) is 0 Å². The number of rotatable bonds is 7. The zero-order valence-corrected chi connectivity index (χ0v) is 20.1. The molecule has 28 heavy (non-hydrogen) atoms. The summed E-state index contributed by atoms with van der Waals surface area (Å²) in [6, 6.07) is -0.630. The average molecular weight is 416 g/mol. The molecule has 8 heteroatoms. The minimum atomic E-state index is -1.53. The van der Waals surface area contributed by atoms with Crippen LogP contribution < -0.4 is 0 Å². The maximum atomic E-state index is 13.1. The molecule has 1 fully saturated rings. The third-order valence-corrected chi connectivity index (χ3v) is 6.40. The van der Waals surface area contributed by atoms with E-state index in [-0.39, 0.29) is 17.9 Å². The van der Waals surface area contributed by atoms with Crippen LogP contribution in [-0.4, -0.2) is 60.7 Å². The second kappa shape index (κ2) is 8.14. The van der Waals surface area contributed by atoms with Crippen LogP contribution in [0.1, 0.15) is 55.4 Å². The van der Waals surface area contributed by atoms with Crippen molar-refractivity contribution >= 4 is 26.9 Å². The van der Waals surface area contributed by atoms with E-state index in [0.29, 0.717) is 0 Å². The number of hydrogen-bond donors (Lipinski definition) is 1. The molecule has 1 heterocycles. The summed E-state index contributed by atoms with van der Waals surface area (Å²) in [4.78, 5) is 38.5. The molecule has 0 aliphatic carbocycles. The van der Waals surface area contributed by atoms with Crippen molar-refractivity contribution in [3.63, 3.8) is 0 Å². The van der Waals surface area contributed by atoms with Crippen molar-refractivity contribution in [2.75, 3.05) is 6.54 Å². The quantitative estimate of drug-likeness (QED) is 0.390. The molecule has 0 bridgehead atoms. The van der Waals surface area contributed by atoms with E-state index in [9.17, 15) is 19.5 Å². The van der Waals surface area contributed by atoms with Crippen LogP contribution >= 0.6 is 0 Å². The third kappa shape index (κ3) is 5.14. The fourth-order valence-corrected chi connectivity index (χ4v) is 5.22. The number of carboxylic acids is 1. The molecule has 0 saturated carbocycles. The molecule has 0 unspecified atom stereocenters. The second-order valence-electron chi connectivity index (χ2n) is 10.2. The van der Waals surface area contributed by atoms with Crippen molar-refractivity contribution in [1.82, 2.24) is 4.90 Å². The Bertz CT molecular complexity index is 621. The number of carbonyl (C=O) groups excluding carboxylic acids is 2. The van der Waals surface area contributed by atoms with Gasteiger partial charge in [0.15, 0.2) is 9.04 Å². The van der Waals surface area contributed by atoms with Gasteiger partial charge in [0.1, 0.15) is 12.1 Å². The molecule has 1 saturated heterocycles. The Balaban J connectivity index is 3.27. The topological polar surface area (TPSA) is 93.1 Å². The van der Waals surface area contributed by atoms with Crippen LogP contribution in [0.15, 0.2) is 0 Å². The molecular weight excluding hydrogens is 378 g/mol. The molecule has 0 spiro atoms. The summed E-state index contributed by atoms with van der Waals surface area (Å²) in [5.74, 6) is -3.26. The van der Waals surface area contributed by atoms with Crippen LogP contribution in [0.25, 0.3) is 0 Å². The van der Waals surface area contributed by atoms with Gasteiger partial charge in [0.25, 0.3) is 0 Å². The van der Waals surface area contributed by atoms with Crippen molar-refractivity contribution in [1.29, 1.82) is 0 Å². The Morgan fingerprint density at radius 2 is 1.64 bits per heavy atom. The van der Waals surface area contributed by atoms with Crippen molar-refractivity contribution < 1.29 is 28.7 Å². The van der Waals surface area contributed by atoms with Gasteiger partial charge in [0.05, 0.1) is 23.5 Å². The zero-order valence-electron chi connectivity index (χ0n) is 19.0. The summed E-state index contributed by atoms with van der Waals surface area (Å²) in [6.45, 7) is 18.5. The lowest BCUT2D eigenvalue weighted by molar-refractivity contribution is -0.198. The first-order chi connectivity index (χ1) is 12.4. The third-order valence-electron chi connectivity index (χ3n) is 5.44. The van der Waals surface area contributed by atoms with Crippen molar-refractivity contribution in [2.24, 2.45) is 17.3 Å². The molecule has 0 aromatic rings. The zero-order chi connectivity index (χ0) is 22.2. The first-order valence-electron chi connectivity index (χ1n) is 9.85. The first-order valence-corrected chi connectivity index (χ1v) is 12.6. The van der Waals surface area contributed by atoms with E-state index in [1.165, 1.54) is 4.90 Å². The van der Waals surface area contributed by atoms with Crippen molar-refractivity contribution in [2.45, 2.75) is 85.7 Å². The fourth-order valence-electron chi connectivity index (χ4n) is 3.74. The second-order valence-corrected chi connectivity index (χ2v) is 12.5. The van der Waals surface area contributed by atoms with E-state index in [2.05, 4.69) is 0 Å². The van der Waals surface area contributed by atoms with Crippen LogP contribution in [-0.2, 0) is 23.5 Å². The molecule has 1 amide bonds. The van der Waals surface area contributed by atoms with E-state index < -0.39 is 50.1 Å². The number of carboxylic acid groups (broad SMARTS) is 1. The summed E-state index contributed by atoms with van der Waals surface area (Å²) >= 11 is 0. The predicted octanol–water partition coefficient (Wildman–Crippen LogP) is 2.68. The number of likely N-dealkylation sites (tertiary alicyclic amines) is 1. The predicted molar refractivity (Wildman–Crippen MR) is 109 cm³/mol. The molecule has 0 aromatic carbocycles. The molecule has 0 aromatic heterocycles. The van der Waals surface area contributed by atoms with Crippen LogP contribution in [0.5, 0.6) is 0 Å². The number of ether oxygens (including phenoxy) is 1. The summed E-state index contributed by atoms with van der Waals surface area (Å²) in [5.41, 5.74) is -1.90. The lowest BCUT2D eigenvalue weighted by Crippen LogP contribution is -2.74. The molecule has 0 radical (unpaired) electrons. The Kier molecular flexibility index (Phi) is 7.16. The van der Waals surface area contributed by atoms with E-state index in [0.717, 1.165) is 0 Å². The van der Waals surface area contributed by atoms with Gasteiger partial charge in [-0.1, -0.05) is 20.8 Å². The number of esters is 1. The largest absolute Gasteiger partial charge is 0.481 e. The van der Waals surface area contributed by atoms with Crippen LogP contribution in [0.4, 0.5) is 0 Å². The molecule has 162 valence electrons. The number of hydrogen-bond acceptors (Lipinski definition) is 5. The summed E-state index contributed by atoms with van der Waals surface area (Å²) in [7, 11) is -1.53. The van der Waals surface area contributed by atoms with Gasteiger partial charge in [-0.3, -0.25) is 14.4 Å². The summed E-state index contributed by atoms with van der Waals surface area (Å²) < 4.78 is 11.7. The van der Waals surface area contributed by atoms with E-state index in [1.54, 1.807) is 27.7 Å². The van der Waals surface area contributed by atoms with Gasteiger partial charge < -0.3 is 19.2 Å². The van der Waals surface area contributed by atoms with E-state index in [1.807, 2.05) is 40.8 Å². The smallest absolute Gasteiger partial charge is 0.326 e. The Morgan fingerprint density at radius 3 is 2.00 bits per heavy atom. The van der Waals surface area contributed by atoms with Crippen LogP contribution in [0.2, 0.25) is 13.1 Å². The highest BCUT2D eigenvalue weighted by Crippen LogP contribution is 2.49. The molecule has 1 aliphatic rings. The Morgan fingerprint density at radius 1 is 1.14 bits per heavy atom. The van der Waals surface area contributed by atoms with Gasteiger partial charge >= 0.3 is 11.9 Å². The van der Waals surface area contributed by atoms with Gasteiger partial charge in [-0.05, 0) is 53.1 Å². The van der Waals surface area contributed by atoms with E-state index >= 15 is 0 Å². The minimum Gasteiger partial charge on any atom is -0.481 e. The number of carbonyl (C=O) groups is 3. The Labute approximate surface area is 170 Å². The highest BCUT2D eigenvalue weighted by Gasteiger charge is 2.63. The minimum absolute atomic E-state index is 0.254. The maximum Gasteiger partial charge on any atom is 0.326 e. The molecule has 1 rings (SSSR count). The lowest BCUT2D eigenvalue weighted by atomic mass is 9.61. The summed E-state index contributed by atoms with van der Waals surface area (Å²) in [6.07, 6.45) is 0.